The quantitative estimate of drug-likeness (QED) is 0.337. The van der Waals surface area contributed by atoms with Gasteiger partial charge in [0.1, 0.15) is 40.4 Å². The highest BCUT2D eigenvalue weighted by molar-refractivity contribution is 6.06. The summed E-state index contributed by atoms with van der Waals surface area (Å²) in [6.45, 7) is -0.313. The highest BCUT2D eigenvalue weighted by Crippen LogP contribution is 2.29. The molecule has 1 N–H and O–H groups in total. The molecule has 4 aromatic rings. The number of nitrogens with zero attached hydrogens (tertiary/aromatic N) is 3. The number of alkyl halides is 3. The van der Waals surface area contributed by atoms with Crippen molar-refractivity contribution in [3.05, 3.63) is 106 Å². The van der Waals surface area contributed by atoms with Gasteiger partial charge in [-0.15, -0.1) is 0 Å². The summed E-state index contributed by atoms with van der Waals surface area (Å²) in [5, 5.41) is 5.87. The number of aryl methyl sites for hydroxylation is 1. The number of rotatable bonds is 7. The summed E-state index contributed by atoms with van der Waals surface area (Å²) in [4.78, 5) is 25.8. The van der Waals surface area contributed by atoms with Crippen LogP contribution in [0.5, 0.6) is 5.75 Å². The topological polar surface area (TPSA) is 78.2 Å². The van der Waals surface area contributed by atoms with Gasteiger partial charge in [0.25, 0.3) is 5.91 Å². The number of carbonyl (C=O) groups excluding carboxylic acids is 1. The summed E-state index contributed by atoms with van der Waals surface area (Å²) in [7, 11) is 0. The first-order valence-corrected chi connectivity index (χ1v) is 10.9. The van der Waals surface area contributed by atoms with Gasteiger partial charge in [-0.2, -0.15) is 23.0 Å². The molecular formula is C25H18F6N4O3. The van der Waals surface area contributed by atoms with Crippen LogP contribution in [0.15, 0.2) is 65.5 Å². The number of carbonyl (C=O) groups is 1. The predicted octanol–water partition coefficient (Wildman–Crippen LogP) is 5.00. The van der Waals surface area contributed by atoms with Gasteiger partial charge in [-0.3, -0.25) is 9.36 Å². The molecule has 1 amide bonds. The van der Waals surface area contributed by atoms with Crippen molar-refractivity contribution in [2.24, 2.45) is 0 Å². The number of hydrogen-bond donors (Lipinski definition) is 1. The SMILES string of the molecule is Cc1nn(-c2cc(OCC(F)(F)F)c(C(=O)Nc3c(F)cccc3F)cc2F)c(=O)n1Cc1ccccc1. The first-order valence-electron chi connectivity index (χ1n) is 10.9. The van der Waals surface area contributed by atoms with Crippen molar-refractivity contribution in [3.8, 4) is 11.4 Å². The van der Waals surface area contributed by atoms with Crippen LogP contribution >= 0.6 is 0 Å². The standard InChI is InChI=1S/C25H18F6N4O3/c1-14-33-35(24(37)34(14)12-15-6-3-2-4-7-15)20-11-21(38-13-25(29,30)31)16(10-19(20)28)23(36)32-22-17(26)8-5-9-18(22)27/h2-11H,12-13H2,1H3,(H,32,36). The maximum absolute atomic E-state index is 15.2. The van der Waals surface area contributed by atoms with E-state index in [0.717, 1.165) is 23.8 Å². The summed E-state index contributed by atoms with van der Waals surface area (Å²) in [5.74, 6) is -5.54. The van der Waals surface area contributed by atoms with Crippen LogP contribution in [0.1, 0.15) is 21.7 Å². The van der Waals surface area contributed by atoms with E-state index in [9.17, 15) is 31.5 Å². The Morgan fingerprint density at radius 2 is 1.63 bits per heavy atom. The van der Waals surface area contributed by atoms with Gasteiger partial charge in [-0.25, -0.2) is 18.0 Å². The Bertz CT molecular complexity index is 1530. The van der Waals surface area contributed by atoms with Crippen LogP contribution in [0.3, 0.4) is 0 Å². The largest absolute Gasteiger partial charge is 0.483 e. The number of hydrogen-bond acceptors (Lipinski definition) is 4. The van der Waals surface area contributed by atoms with E-state index in [1.54, 1.807) is 30.3 Å². The van der Waals surface area contributed by atoms with E-state index in [1.165, 1.54) is 11.5 Å². The van der Waals surface area contributed by atoms with E-state index >= 15 is 4.39 Å². The van der Waals surface area contributed by atoms with Crippen LogP contribution in [0.4, 0.5) is 32.0 Å². The zero-order valence-electron chi connectivity index (χ0n) is 19.5. The predicted molar refractivity (Wildman–Crippen MR) is 124 cm³/mol. The molecule has 0 bridgehead atoms. The van der Waals surface area contributed by atoms with Gasteiger partial charge in [0, 0.05) is 6.07 Å². The molecule has 7 nitrogen and oxygen atoms in total. The number of amides is 1. The molecule has 0 spiro atoms. The van der Waals surface area contributed by atoms with Crippen molar-refractivity contribution in [3.63, 3.8) is 0 Å². The lowest BCUT2D eigenvalue weighted by Gasteiger charge is -2.15. The van der Waals surface area contributed by atoms with Gasteiger partial charge in [0.2, 0.25) is 0 Å². The Morgan fingerprint density at radius 1 is 0.974 bits per heavy atom. The first-order chi connectivity index (χ1) is 17.9. The fourth-order valence-corrected chi connectivity index (χ4v) is 3.56. The van der Waals surface area contributed by atoms with Crippen molar-refractivity contribution in [1.29, 1.82) is 0 Å². The maximum atomic E-state index is 15.2. The lowest BCUT2D eigenvalue weighted by Crippen LogP contribution is -2.26. The number of nitrogens with one attached hydrogen (secondary N) is 1. The molecule has 0 saturated carbocycles. The third kappa shape index (κ3) is 5.71. The number of anilines is 1. The average Bonchev–Trinajstić information content (AvgIpc) is 3.13. The summed E-state index contributed by atoms with van der Waals surface area (Å²) in [6, 6.07) is 12.7. The van der Waals surface area contributed by atoms with Crippen LogP contribution in [0.25, 0.3) is 5.69 Å². The van der Waals surface area contributed by atoms with Crippen molar-refractivity contribution in [1.82, 2.24) is 14.3 Å². The van der Waals surface area contributed by atoms with E-state index in [1.807, 2.05) is 5.32 Å². The third-order valence-corrected chi connectivity index (χ3v) is 5.35. The van der Waals surface area contributed by atoms with Crippen LogP contribution < -0.4 is 15.7 Å². The molecule has 0 saturated heterocycles. The van der Waals surface area contributed by atoms with Crippen LogP contribution in [-0.4, -0.2) is 33.0 Å². The van der Waals surface area contributed by atoms with Crippen LogP contribution in [-0.2, 0) is 6.54 Å². The average molecular weight is 536 g/mol. The fraction of sp³-hybridized carbons (Fsp3) is 0.160. The molecular weight excluding hydrogens is 518 g/mol. The Hall–Kier alpha value is -4.55. The summed E-state index contributed by atoms with van der Waals surface area (Å²) in [6.07, 6.45) is -4.84. The molecule has 0 aliphatic rings. The van der Waals surface area contributed by atoms with E-state index < -0.39 is 64.5 Å². The molecule has 0 atom stereocenters. The second-order valence-electron chi connectivity index (χ2n) is 8.07. The van der Waals surface area contributed by atoms with E-state index in [4.69, 9.17) is 4.74 Å². The Labute approximate surface area is 210 Å². The minimum Gasteiger partial charge on any atom is -0.483 e. The van der Waals surface area contributed by atoms with Gasteiger partial charge in [-0.05, 0) is 30.7 Å². The highest BCUT2D eigenvalue weighted by Gasteiger charge is 2.30. The Morgan fingerprint density at radius 3 is 2.26 bits per heavy atom. The summed E-state index contributed by atoms with van der Waals surface area (Å²) >= 11 is 0. The van der Waals surface area contributed by atoms with E-state index in [0.29, 0.717) is 16.8 Å². The molecule has 0 radical (unpaired) electrons. The zero-order valence-corrected chi connectivity index (χ0v) is 19.5. The van der Waals surface area contributed by atoms with Crippen molar-refractivity contribution >= 4 is 11.6 Å². The van der Waals surface area contributed by atoms with Gasteiger partial charge >= 0.3 is 11.9 Å². The van der Waals surface area contributed by atoms with Crippen LogP contribution in [0.2, 0.25) is 0 Å². The maximum Gasteiger partial charge on any atom is 0.422 e. The lowest BCUT2D eigenvalue weighted by atomic mass is 10.1. The van der Waals surface area contributed by atoms with Gasteiger partial charge in [-0.1, -0.05) is 36.4 Å². The molecule has 13 heteroatoms. The molecule has 0 unspecified atom stereocenters. The van der Waals surface area contributed by atoms with Crippen molar-refractivity contribution in [2.75, 3.05) is 11.9 Å². The van der Waals surface area contributed by atoms with Gasteiger partial charge < -0.3 is 10.1 Å². The lowest BCUT2D eigenvalue weighted by molar-refractivity contribution is -0.153. The molecule has 3 aromatic carbocycles. The van der Waals surface area contributed by atoms with Crippen LogP contribution in [0, 0.1) is 24.4 Å². The molecule has 0 aliphatic carbocycles. The molecule has 1 aromatic heterocycles. The second kappa shape index (κ2) is 10.4. The normalized spacial score (nSPS) is 11.4. The van der Waals surface area contributed by atoms with Crippen molar-refractivity contribution < 1.29 is 35.9 Å². The molecule has 0 fully saturated rings. The third-order valence-electron chi connectivity index (χ3n) is 5.35. The monoisotopic (exact) mass is 536 g/mol. The summed E-state index contributed by atoms with van der Waals surface area (Å²) < 4.78 is 88.4. The highest BCUT2D eigenvalue weighted by atomic mass is 19.4. The Kier molecular flexibility index (Phi) is 7.28. The minimum atomic E-state index is -4.84. The minimum absolute atomic E-state index is 0.0826. The van der Waals surface area contributed by atoms with E-state index in [2.05, 4.69) is 5.10 Å². The smallest absolute Gasteiger partial charge is 0.422 e. The fourth-order valence-electron chi connectivity index (χ4n) is 3.56. The van der Waals surface area contributed by atoms with E-state index in [-0.39, 0.29) is 12.4 Å². The number of halogens is 6. The molecule has 1 heterocycles. The molecule has 38 heavy (non-hydrogen) atoms. The molecule has 198 valence electrons. The number of aromatic nitrogens is 3. The Balaban J connectivity index is 1.76. The number of para-hydroxylation sites is 1. The first kappa shape index (κ1) is 26.5. The number of benzene rings is 3. The van der Waals surface area contributed by atoms with Crippen molar-refractivity contribution in [2.45, 2.75) is 19.6 Å². The summed E-state index contributed by atoms with van der Waals surface area (Å²) in [5.41, 5.74) is -2.37. The second-order valence-corrected chi connectivity index (χ2v) is 8.07. The molecule has 0 aliphatic heterocycles. The molecule has 4 rings (SSSR count). The number of ether oxygens (including phenoxy) is 1. The zero-order chi connectivity index (χ0) is 27.6. The van der Waals surface area contributed by atoms with Gasteiger partial charge in [0.15, 0.2) is 6.61 Å². The van der Waals surface area contributed by atoms with Gasteiger partial charge in [0.05, 0.1) is 12.1 Å².